The first-order valence-electron chi connectivity index (χ1n) is 9.65. The van der Waals surface area contributed by atoms with Crippen molar-refractivity contribution >= 4 is 34.1 Å². The summed E-state index contributed by atoms with van der Waals surface area (Å²) in [7, 11) is 3.12. The Morgan fingerprint density at radius 2 is 2.06 bits per heavy atom. The number of nitrogens with one attached hydrogen (secondary N) is 2. The van der Waals surface area contributed by atoms with Crippen molar-refractivity contribution < 1.29 is 18.4 Å². The molecule has 4 aromatic rings. The van der Waals surface area contributed by atoms with E-state index in [9.17, 15) is 18.4 Å². The highest BCUT2D eigenvalue weighted by Crippen LogP contribution is 2.36. The Morgan fingerprint density at radius 3 is 2.77 bits per heavy atom. The number of hydrogen-bond donors (Lipinski definition) is 2. The molecule has 2 atom stereocenters. The normalized spacial score (nSPS) is 17.8. The van der Waals surface area contributed by atoms with Crippen LogP contribution in [0.2, 0.25) is 0 Å². The Morgan fingerprint density at radius 1 is 1.29 bits per heavy atom. The van der Waals surface area contributed by atoms with Crippen molar-refractivity contribution in [2.24, 2.45) is 5.92 Å². The number of hydrogen-bond acceptors (Lipinski definition) is 4. The third kappa shape index (κ3) is 3.20. The monoisotopic (exact) mass is 424 g/mol. The Balaban J connectivity index is 1.62. The van der Waals surface area contributed by atoms with Gasteiger partial charge in [-0.2, -0.15) is 10.2 Å². The van der Waals surface area contributed by atoms with Crippen LogP contribution >= 0.6 is 0 Å². The van der Waals surface area contributed by atoms with Gasteiger partial charge in [0.05, 0.1) is 28.7 Å². The minimum absolute atomic E-state index is 0.0565. The van der Waals surface area contributed by atoms with Crippen LogP contribution in [0.15, 0.2) is 36.7 Å². The van der Waals surface area contributed by atoms with Gasteiger partial charge in [-0.1, -0.05) is 0 Å². The quantitative estimate of drug-likeness (QED) is 0.527. The van der Waals surface area contributed by atoms with Crippen molar-refractivity contribution in [2.45, 2.75) is 12.6 Å². The smallest absolute Gasteiger partial charge is 0.256 e. The minimum atomic E-state index is -1.10. The summed E-state index contributed by atoms with van der Waals surface area (Å²) in [6.45, 7) is 0. The highest BCUT2D eigenvalue weighted by Gasteiger charge is 2.43. The van der Waals surface area contributed by atoms with E-state index in [-0.39, 0.29) is 12.0 Å². The second-order valence-electron chi connectivity index (χ2n) is 7.80. The second-order valence-corrected chi connectivity index (χ2v) is 7.80. The Hall–Kier alpha value is -3.82. The highest BCUT2D eigenvalue weighted by atomic mass is 19.1. The second kappa shape index (κ2) is 6.86. The standard InChI is InChI=1S/C21H18F2N6O2/c1-28(2)21(31)19-15(23)8-16-13(9-24-26-16)18(19)10-3-4-29-11(5-10)6-17(27-29)25-20(30)12-7-14(12)22/h3-6,8-9,12,14H,7H2,1-2H3,(H,24,26)(H,25,27,30)/t12-,14+/m1/s1. The average molecular weight is 424 g/mol. The van der Waals surface area contributed by atoms with Crippen molar-refractivity contribution in [1.82, 2.24) is 24.7 Å². The number of amides is 2. The molecule has 1 fully saturated rings. The van der Waals surface area contributed by atoms with Gasteiger partial charge in [-0.25, -0.2) is 13.3 Å². The molecule has 3 aromatic heterocycles. The van der Waals surface area contributed by atoms with Gasteiger partial charge in [0, 0.05) is 43.4 Å². The lowest BCUT2D eigenvalue weighted by molar-refractivity contribution is -0.117. The van der Waals surface area contributed by atoms with Crippen LogP contribution in [0.1, 0.15) is 16.8 Å². The molecule has 31 heavy (non-hydrogen) atoms. The number of carbonyl (C=O) groups is 2. The molecule has 1 saturated carbocycles. The number of aromatic nitrogens is 4. The molecular weight excluding hydrogens is 406 g/mol. The number of alkyl halides is 1. The van der Waals surface area contributed by atoms with E-state index in [2.05, 4.69) is 20.6 Å². The van der Waals surface area contributed by atoms with E-state index in [4.69, 9.17) is 0 Å². The lowest BCUT2D eigenvalue weighted by Crippen LogP contribution is -2.23. The van der Waals surface area contributed by atoms with Gasteiger partial charge in [-0.15, -0.1) is 0 Å². The molecule has 158 valence electrons. The summed E-state index contributed by atoms with van der Waals surface area (Å²) >= 11 is 0. The Labute approximate surface area is 174 Å². The van der Waals surface area contributed by atoms with Gasteiger partial charge < -0.3 is 10.2 Å². The van der Waals surface area contributed by atoms with E-state index in [1.807, 2.05) is 0 Å². The molecule has 1 aliphatic carbocycles. The summed E-state index contributed by atoms with van der Waals surface area (Å²) in [5.41, 5.74) is 2.03. The predicted octanol–water partition coefficient (Wildman–Crippen LogP) is 3.02. The Kier molecular flexibility index (Phi) is 4.24. The van der Waals surface area contributed by atoms with Crippen molar-refractivity contribution in [2.75, 3.05) is 19.4 Å². The number of anilines is 1. The zero-order chi connectivity index (χ0) is 21.9. The van der Waals surface area contributed by atoms with Crippen molar-refractivity contribution in [3.63, 3.8) is 0 Å². The number of halogens is 2. The first kappa shape index (κ1) is 19.2. The first-order chi connectivity index (χ1) is 14.8. The maximum Gasteiger partial charge on any atom is 0.256 e. The predicted molar refractivity (Wildman–Crippen MR) is 110 cm³/mol. The summed E-state index contributed by atoms with van der Waals surface area (Å²) in [6, 6.07) is 6.34. The summed E-state index contributed by atoms with van der Waals surface area (Å²) in [5.74, 6) is -1.86. The lowest BCUT2D eigenvalue weighted by Gasteiger charge is -2.16. The average Bonchev–Trinajstić information content (AvgIpc) is 3.11. The number of benzene rings is 1. The number of H-pyrrole nitrogens is 1. The van der Waals surface area contributed by atoms with E-state index in [1.54, 1.807) is 44.7 Å². The molecule has 2 N–H and O–H groups in total. The highest BCUT2D eigenvalue weighted by molar-refractivity contribution is 6.09. The molecular formula is C21H18F2N6O2. The molecule has 0 radical (unpaired) electrons. The fraction of sp³-hybridized carbons (Fsp3) is 0.238. The number of nitrogens with zero attached hydrogens (tertiary/aromatic N) is 4. The van der Waals surface area contributed by atoms with Crippen molar-refractivity contribution in [3.05, 3.63) is 48.0 Å². The van der Waals surface area contributed by atoms with Crippen LogP contribution < -0.4 is 5.32 Å². The largest absolute Gasteiger partial charge is 0.345 e. The van der Waals surface area contributed by atoms with E-state index in [0.29, 0.717) is 33.4 Å². The topological polar surface area (TPSA) is 95.4 Å². The number of aromatic amines is 1. The molecule has 3 heterocycles. The van der Waals surface area contributed by atoms with Gasteiger partial charge in [0.25, 0.3) is 5.91 Å². The number of rotatable bonds is 4. The van der Waals surface area contributed by atoms with Crippen LogP contribution in [0.3, 0.4) is 0 Å². The summed E-state index contributed by atoms with van der Waals surface area (Å²) in [4.78, 5) is 26.1. The first-order valence-corrected chi connectivity index (χ1v) is 9.65. The SMILES string of the molecule is CN(C)C(=O)c1c(F)cc2[nH]ncc2c1-c1ccn2nc(NC(=O)[C@@H]3C[C@@H]3F)cc2c1. The molecule has 1 aliphatic rings. The number of pyridine rings is 1. The molecule has 0 unspecified atom stereocenters. The van der Waals surface area contributed by atoms with Crippen LogP contribution in [-0.4, -0.2) is 56.8 Å². The molecule has 1 aromatic carbocycles. The molecule has 5 rings (SSSR count). The zero-order valence-electron chi connectivity index (χ0n) is 16.7. The molecule has 0 spiro atoms. The van der Waals surface area contributed by atoms with Crippen molar-refractivity contribution in [1.29, 1.82) is 0 Å². The summed E-state index contributed by atoms with van der Waals surface area (Å²) in [6.07, 6.45) is 2.33. The molecule has 8 nitrogen and oxygen atoms in total. The maximum absolute atomic E-state index is 14.9. The summed E-state index contributed by atoms with van der Waals surface area (Å²) in [5, 5.41) is 14.2. The van der Waals surface area contributed by atoms with E-state index in [0.717, 1.165) is 0 Å². The van der Waals surface area contributed by atoms with Gasteiger partial charge >= 0.3 is 0 Å². The van der Waals surface area contributed by atoms with Crippen molar-refractivity contribution in [3.8, 4) is 11.1 Å². The van der Waals surface area contributed by atoms with Gasteiger partial charge in [-0.3, -0.25) is 14.7 Å². The van der Waals surface area contributed by atoms with Gasteiger partial charge in [0.2, 0.25) is 5.91 Å². The van der Waals surface area contributed by atoms with Crippen LogP contribution in [0.5, 0.6) is 0 Å². The Bertz CT molecular complexity index is 1360. The van der Waals surface area contributed by atoms with Gasteiger partial charge in [0.15, 0.2) is 5.82 Å². The molecule has 10 heteroatoms. The fourth-order valence-corrected chi connectivity index (χ4v) is 3.66. The molecule has 0 bridgehead atoms. The molecule has 2 amide bonds. The van der Waals surface area contributed by atoms with E-state index in [1.165, 1.54) is 15.5 Å². The fourth-order valence-electron chi connectivity index (χ4n) is 3.66. The van der Waals surface area contributed by atoms with E-state index >= 15 is 0 Å². The van der Waals surface area contributed by atoms with E-state index < -0.39 is 29.7 Å². The van der Waals surface area contributed by atoms with Crippen LogP contribution in [0.4, 0.5) is 14.6 Å². The third-order valence-corrected chi connectivity index (χ3v) is 5.37. The maximum atomic E-state index is 14.9. The number of fused-ring (bicyclic) bond motifs is 2. The van der Waals surface area contributed by atoms with Crippen LogP contribution in [-0.2, 0) is 4.79 Å². The molecule has 0 saturated heterocycles. The third-order valence-electron chi connectivity index (χ3n) is 5.37. The summed E-state index contributed by atoms with van der Waals surface area (Å²) < 4.78 is 29.6. The van der Waals surface area contributed by atoms with Gasteiger partial charge in [0.1, 0.15) is 12.0 Å². The minimum Gasteiger partial charge on any atom is -0.345 e. The zero-order valence-corrected chi connectivity index (χ0v) is 16.7. The molecule has 0 aliphatic heterocycles. The number of carbonyl (C=O) groups excluding carboxylic acids is 2. The van der Waals surface area contributed by atoms with Gasteiger partial charge in [-0.05, 0) is 24.1 Å². The lowest BCUT2D eigenvalue weighted by atomic mass is 9.95. The van der Waals surface area contributed by atoms with Crippen LogP contribution in [0.25, 0.3) is 27.5 Å². The van der Waals surface area contributed by atoms with Crippen LogP contribution in [0, 0.1) is 11.7 Å².